The van der Waals surface area contributed by atoms with Crippen LogP contribution in [-0.4, -0.2) is 63.3 Å². The fourth-order valence-corrected chi connectivity index (χ4v) is 4.00. The number of amides is 1. The topological polar surface area (TPSA) is 81.7 Å². The number of benzene rings is 1. The van der Waals surface area contributed by atoms with Crippen LogP contribution >= 0.6 is 0 Å². The van der Waals surface area contributed by atoms with Gasteiger partial charge in [-0.1, -0.05) is 18.2 Å². The van der Waals surface area contributed by atoms with E-state index in [1.807, 2.05) is 36.1 Å². The smallest absolute Gasteiger partial charge is 0.409 e. The summed E-state index contributed by atoms with van der Waals surface area (Å²) in [5.74, 6) is 0.858. The second-order valence-corrected chi connectivity index (χ2v) is 7.18. The van der Waals surface area contributed by atoms with Gasteiger partial charge < -0.3 is 19.7 Å². The van der Waals surface area contributed by atoms with E-state index < -0.39 is 0 Å². The summed E-state index contributed by atoms with van der Waals surface area (Å²) in [5, 5.41) is 9.35. The Labute approximate surface area is 159 Å². The second-order valence-electron chi connectivity index (χ2n) is 7.18. The number of imidazole rings is 1. The largest absolute Gasteiger partial charge is 0.450 e. The van der Waals surface area contributed by atoms with Crippen molar-refractivity contribution in [1.29, 1.82) is 0 Å². The number of aliphatic hydroxyl groups excluding tert-OH is 1. The summed E-state index contributed by atoms with van der Waals surface area (Å²) in [6.45, 7) is 5.55. The first-order valence-electron chi connectivity index (χ1n) is 9.61. The van der Waals surface area contributed by atoms with Crippen molar-refractivity contribution in [3.8, 4) is 11.4 Å². The van der Waals surface area contributed by atoms with Crippen LogP contribution in [0.4, 0.5) is 4.79 Å². The van der Waals surface area contributed by atoms with Gasteiger partial charge in [0.1, 0.15) is 5.82 Å². The summed E-state index contributed by atoms with van der Waals surface area (Å²) < 4.78 is 5.12. The van der Waals surface area contributed by atoms with E-state index in [1.165, 1.54) is 0 Å². The molecular weight excluding hydrogens is 344 g/mol. The van der Waals surface area contributed by atoms with Crippen LogP contribution in [0.2, 0.25) is 0 Å². The molecule has 3 heterocycles. The molecule has 7 nitrogen and oxygen atoms in total. The zero-order chi connectivity index (χ0) is 18.8. The van der Waals surface area contributed by atoms with E-state index in [4.69, 9.17) is 9.72 Å². The van der Waals surface area contributed by atoms with Gasteiger partial charge in [0.15, 0.2) is 0 Å². The highest BCUT2D eigenvalue weighted by Crippen LogP contribution is 2.26. The minimum absolute atomic E-state index is 0.0285. The summed E-state index contributed by atoms with van der Waals surface area (Å²) >= 11 is 0. The molecule has 1 saturated heterocycles. The molecule has 2 N–H and O–H groups in total. The quantitative estimate of drug-likeness (QED) is 0.862. The fourth-order valence-electron chi connectivity index (χ4n) is 4.00. The molecule has 1 amide bonds. The van der Waals surface area contributed by atoms with Crippen LogP contribution in [-0.2, 0) is 24.3 Å². The van der Waals surface area contributed by atoms with E-state index in [2.05, 4.69) is 9.88 Å². The van der Waals surface area contributed by atoms with Crippen LogP contribution in [0, 0.1) is 0 Å². The summed E-state index contributed by atoms with van der Waals surface area (Å²) in [7, 11) is 0. The monoisotopic (exact) mass is 370 g/mol. The number of ether oxygens (including phenoxy) is 1. The number of nitrogens with zero attached hydrogens (tertiary/aromatic N) is 3. The highest BCUT2D eigenvalue weighted by Gasteiger charge is 2.33. The zero-order valence-corrected chi connectivity index (χ0v) is 15.6. The normalized spacial score (nSPS) is 19.9. The number of aromatic amines is 1. The van der Waals surface area contributed by atoms with Crippen LogP contribution in [0.25, 0.3) is 11.4 Å². The zero-order valence-electron chi connectivity index (χ0n) is 15.6. The predicted octanol–water partition coefficient (Wildman–Crippen LogP) is 2.16. The van der Waals surface area contributed by atoms with E-state index in [-0.39, 0.29) is 12.7 Å². The fraction of sp³-hybridized carbons (Fsp3) is 0.500. The van der Waals surface area contributed by atoms with Gasteiger partial charge in [-0.3, -0.25) is 4.90 Å². The molecule has 1 atom stereocenters. The van der Waals surface area contributed by atoms with Gasteiger partial charge in [-0.2, -0.15) is 0 Å². The SMILES string of the molecule is CCOC(=O)N1CC[C@H](N2CCc3nc(-c4cccc(CO)c4)[nH]c3C2)C1. The molecule has 2 aromatic rings. The third-order valence-corrected chi connectivity index (χ3v) is 5.45. The van der Waals surface area contributed by atoms with Crippen LogP contribution in [0.1, 0.15) is 30.3 Å². The summed E-state index contributed by atoms with van der Waals surface area (Å²) in [4.78, 5) is 24.4. The Kier molecular flexibility index (Phi) is 5.13. The molecule has 0 bridgehead atoms. The van der Waals surface area contributed by atoms with Crippen molar-refractivity contribution in [3.63, 3.8) is 0 Å². The minimum Gasteiger partial charge on any atom is -0.450 e. The van der Waals surface area contributed by atoms with Gasteiger partial charge in [-0.25, -0.2) is 9.78 Å². The average Bonchev–Trinajstić information content (AvgIpc) is 3.35. The number of fused-ring (bicyclic) bond motifs is 1. The van der Waals surface area contributed by atoms with Crippen molar-refractivity contribution in [3.05, 3.63) is 41.2 Å². The molecule has 27 heavy (non-hydrogen) atoms. The first-order chi connectivity index (χ1) is 13.2. The lowest BCUT2D eigenvalue weighted by Gasteiger charge is -2.31. The molecule has 7 heteroatoms. The lowest BCUT2D eigenvalue weighted by Crippen LogP contribution is -2.41. The summed E-state index contributed by atoms with van der Waals surface area (Å²) in [6.07, 6.45) is 1.68. The molecule has 0 unspecified atom stereocenters. The Morgan fingerprint density at radius 3 is 3.11 bits per heavy atom. The highest BCUT2D eigenvalue weighted by molar-refractivity contribution is 5.68. The molecule has 144 valence electrons. The van der Waals surface area contributed by atoms with Crippen molar-refractivity contribution in [2.75, 3.05) is 26.2 Å². The Balaban J connectivity index is 1.45. The number of nitrogens with one attached hydrogen (secondary N) is 1. The minimum atomic E-state index is -0.203. The number of aromatic nitrogens is 2. The number of likely N-dealkylation sites (tertiary alicyclic amines) is 1. The maximum atomic E-state index is 11.9. The van der Waals surface area contributed by atoms with E-state index in [9.17, 15) is 9.90 Å². The van der Waals surface area contributed by atoms with Gasteiger partial charge >= 0.3 is 6.09 Å². The first kappa shape index (κ1) is 18.0. The van der Waals surface area contributed by atoms with Gasteiger partial charge in [-0.05, 0) is 25.0 Å². The van der Waals surface area contributed by atoms with Crippen LogP contribution < -0.4 is 0 Å². The average molecular weight is 370 g/mol. The van der Waals surface area contributed by atoms with E-state index in [1.54, 1.807) is 0 Å². The van der Waals surface area contributed by atoms with Crippen molar-refractivity contribution in [2.24, 2.45) is 0 Å². The van der Waals surface area contributed by atoms with Gasteiger partial charge in [0.25, 0.3) is 0 Å². The first-order valence-corrected chi connectivity index (χ1v) is 9.61. The number of carbonyl (C=O) groups excluding carboxylic acids is 1. The number of rotatable bonds is 4. The van der Waals surface area contributed by atoms with Crippen LogP contribution in [0.5, 0.6) is 0 Å². The van der Waals surface area contributed by atoms with Gasteiger partial charge in [-0.15, -0.1) is 0 Å². The maximum Gasteiger partial charge on any atom is 0.409 e. The molecule has 0 radical (unpaired) electrons. The molecule has 1 fully saturated rings. The summed E-state index contributed by atoms with van der Waals surface area (Å²) in [6, 6.07) is 8.19. The number of hydrogen-bond donors (Lipinski definition) is 2. The van der Waals surface area contributed by atoms with Crippen molar-refractivity contribution in [1.82, 2.24) is 19.8 Å². The van der Waals surface area contributed by atoms with Gasteiger partial charge in [0.05, 0.1) is 24.6 Å². The standard InChI is InChI=1S/C20H26N4O3/c1-2-27-20(26)24-8-6-16(11-24)23-9-7-17-18(12-23)22-19(21-17)15-5-3-4-14(10-15)13-25/h3-5,10,16,25H,2,6-9,11-13H2,1H3,(H,21,22)/t16-/m0/s1. The van der Waals surface area contributed by atoms with Crippen molar-refractivity contribution >= 4 is 6.09 Å². The number of hydrogen-bond acceptors (Lipinski definition) is 5. The third kappa shape index (κ3) is 3.70. The van der Waals surface area contributed by atoms with Crippen LogP contribution in [0.3, 0.4) is 0 Å². The Hall–Kier alpha value is -2.38. The molecule has 1 aromatic carbocycles. The van der Waals surface area contributed by atoms with Crippen molar-refractivity contribution < 1.29 is 14.6 Å². The highest BCUT2D eigenvalue weighted by atomic mass is 16.6. The van der Waals surface area contributed by atoms with E-state index >= 15 is 0 Å². The van der Waals surface area contributed by atoms with E-state index in [0.717, 1.165) is 67.4 Å². The molecule has 4 rings (SSSR count). The number of aliphatic hydroxyl groups is 1. The molecule has 2 aliphatic heterocycles. The lowest BCUT2D eigenvalue weighted by molar-refractivity contribution is 0.109. The Bertz CT molecular complexity index is 819. The Morgan fingerprint density at radius 2 is 2.30 bits per heavy atom. The van der Waals surface area contributed by atoms with Crippen molar-refractivity contribution in [2.45, 2.75) is 39.0 Å². The maximum absolute atomic E-state index is 11.9. The van der Waals surface area contributed by atoms with E-state index in [0.29, 0.717) is 12.6 Å². The molecule has 0 spiro atoms. The molecule has 0 aliphatic carbocycles. The third-order valence-electron chi connectivity index (χ3n) is 5.45. The molecule has 2 aliphatic rings. The molecule has 0 saturated carbocycles. The number of H-pyrrole nitrogens is 1. The Morgan fingerprint density at radius 1 is 1.41 bits per heavy atom. The summed E-state index contributed by atoms with van der Waals surface area (Å²) in [5.41, 5.74) is 4.15. The lowest BCUT2D eigenvalue weighted by atomic mass is 10.1. The van der Waals surface area contributed by atoms with Gasteiger partial charge in [0, 0.05) is 44.2 Å². The number of carbonyl (C=O) groups is 1. The predicted molar refractivity (Wildman–Crippen MR) is 101 cm³/mol. The second kappa shape index (κ2) is 7.70. The molecular formula is C20H26N4O3. The molecule has 1 aromatic heterocycles. The van der Waals surface area contributed by atoms with Gasteiger partial charge in [0.2, 0.25) is 0 Å². The van der Waals surface area contributed by atoms with Crippen LogP contribution in [0.15, 0.2) is 24.3 Å².